The number of carbonyl (C=O) groups is 1. The van der Waals surface area contributed by atoms with E-state index in [2.05, 4.69) is 51.1 Å². The fraction of sp³-hybridized carbons (Fsp3) is 0.567. The highest BCUT2D eigenvalue weighted by molar-refractivity contribution is 5.97. The summed E-state index contributed by atoms with van der Waals surface area (Å²) < 4.78 is 0. The van der Waals surface area contributed by atoms with Gasteiger partial charge in [-0.3, -0.25) is 9.69 Å². The number of fused-ring (bicyclic) bond motifs is 2. The van der Waals surface area contributed by atoms with E-state index in [1.807, 2.05) is 11.0 Å². The summed E-state index contributed by atoms with van der Waals surface area (Å²) in [5.74, 6) is 0.0681. The zero-order valence-corrected chi connectivity index (χ0v) is 21.4. The molecule has 1 N–H and O–H groups in total. The maximum absolute atomic E-state index is 13.3. The minimum Gasteiger partial charge on any atom is -0.390 e. The van der Waals surface area contributed by atoms with E-state index in [0.29, 0.717) is 19.6 Å². The first-order valence-electron chi connectivity index (χ1n) is 14.0. The van der Waals surface area contributed by atoms with E-state index in [-0.39, 0.29) is 5.91 Å². The lowest BCUT2D eigenvalue weighted by Crippen LogP contribution is -2.46. The highest BCUT2D eigenvalue weighted by atomic mass is 16.3. The van der Waals surface area contributed by atoms with Crippen LogP contribution in [0.2, 0.25) is 0 Å². The van der Waals surface area contributed by atoms with Crippen molar-refractivity contribution in [3.63, 3.8) is 0 Å². The van der Waals surface area contributed by atoms with E-state index in [4.69, 9.17) is 0 Å². The number of nitrogens with zero attached hydrogens (tertiary/aromatic N) is 4. The van der Waals surface area contributed by atoms with Crippen molar-refractivity contribution in [1.29, 1.82) is 0 Å². The van der Waals surface area contributed by atoms with E-state index in [1.165, 1.54) is 55.6 Å². The molecule has 192 valence electrons. The summed E-state index contributed by atoms with van der Waals surface area (Å²) in [5.41, 5.74) is 6.02. The van der Waals surface area contributed by atoms with Crippen molar-refractivity contribution in [2.75, 3.05) is 57.3 Å². The maximum atomic E-state index is 13.3. The minimum atomic E-state index is -0.531. The van der Waals surface area contributed by atoms with Gasteiger partial charge in [0.2, 0.25) is 0 Å². The Morgan fingerprint density at radius 3 is 2.39 bits per heavy atom. The molecule has 2 aromatic carbocycles. The first-order chi connectivity index (χ1) is 17.6. The Morgan fingerprint density at radius 1 is 0.833 bits per heavy atom. The molecule has 1 atom stereocenters. The minimum absolute atomic E-state index is 0.0681. The number of piperidine rings is 1. The molecule has 0 aromatic heterocycles. The predicted molar refractivity (Wildman–Crippen MR) is 144 cm³/mol. The lowest BCUT2D eigenvalue weighted by Gasteiger charge is -2.38. The van der Waals surface area contributed by atoms with Gasteiger partial charge in [0.1, 0.15) is 0 Å². The number of benzene rings is 2. The second-order valence-corrected chi connectivity index (χ2v) is 11.2. The van der Waals surface area contributed by atoms with Crippen molar-refractivity contribution in [3.05, 3.63) is 64.7 Å². The SMILES string of the molecule is O=C1c2ccc(N3CCC(N4CCCC4)CC3)cc2CCN1C[C@H](O)CN1CCc2ccccc2C1. The lowest BCUT2D eigenvalue weighted by molar-refractivity contribution is 0.0493. The summed E-state index contributed by atoms with van der Waals surface area (Å²) in [6, 6.07) is 15.7. The molecule has 0 saturated carbocycles. The zero-order valence-electron chi connectivity index (χ0n) is 21.4. The third-order valence-electron chi connectivity index (χ3n) is 8.85. The van der Waals surface area contributed by atoms with Crippen molar-refractivity contribution in [3.8, 4) is 0 Å². The normalized spacial score (nSPS) is 22.5. The summed E-state index contributed by atoms with van der Waals surface area (Å²) in [7, 11) is 0. The molecule has 0 aliphatic carbocycles. The molecular weight excluding hydrogens is 448 g/mol. The van der Waals surface area contributed by atoms with Crippen LogP contribution in [0.1, 0.15) is 52.7 Å². The molecule has 36 heavy (non-hydrogen) atoms. The molecule has 4 aliphatic heterocycles. The van der Waals surface area contributed by atoms with E-state index in [9.17, 15) is 9.90 Å². The second-order valence-electron chi connectivity index (χ2n) is 11.2. The molecule has 1 amide bonds. The summed E-state index contributed by atoms with van der Waals surface area (Å²) in [5, 5.41) is 10.8. The molecule has 6 nitrogen and oxygen atoms in total. The predicted octanol–water partition coefficient (Wildman–Crippen LogP) is 3.17. The van der Waals surface area contributed by atoms with Crippen LogP contribution in [0.3, 0.4) is 0 Å². The van der Waals surface area contributed by atoms with Crippen molar-refractivity contribution in [1.82, 2.24) is 14.7 Å². The van der Waals surface area contributed by atoms with Crippen molar-refractivity contribution in [2.24, 2.45) is 0 Å². The Bertz CT molecular complexity index is 1070. The Kier molecular flexibility index (Phi) is 7.00. The van der Waals surface area contributed by atoms with Crippen LogP contribution in [0, 0.1) is 0 Å². The number of aliphatic hydroxyl groups excluding tert-OH is 1. The monoisotopic (exact) mass is 488 g/mol. The van der Waals surface area contributed by atoms with Gasteiger partial charge in [0, 0.05) is 63.1 Å². The Labute approximate surface area is 215 Å². The Balaban J connectivity index is 1.03. The largest absolute Gasteiger partial charge is 0.390 e. The van der Waals surface area contributed by atoms with Gasteiger partial charge < -0.3 is 19.8 Å². The molecule has 6 heteroatoms. The highest BCUT2D eigenvalue weighted by Gasteiger charge is 2.30. The van der Waals surface area contributed by atoms with Crippen LogP contribution in [0.5, 0.6) is 0 Å². The number of hydrogen-bond donors (Lipinski definition) is 1. The quantitative estimate of drug-likeness (QED) is 0.677. The molecule has 0 unspecified atom stereocenters. The number of anilines is 1. The summed E-state index contributed by atoms with van der Waals surface area (Å²) in [6.45, 7) is 8.31. The first kappa shape index (κ1) is 24.0. The molecular formula is C30H40N4O2. The van der Waals surface area contributed by atoms with Crippen LogP contribution >= 0.6 is 0 Å². The van der Waals surface area contributed by atoms with Crippen LogP contribution in [0.25, 0.3) is 0 Å². The van der Waals surface area contributed by atoms with Crippen molar-refractivity contribution >= 4 is 11.6 Å². The first-order valence-corrected chi connectivity index (χ1v) is 14.0. The number of aliphatic hydroxyl groups is 1. The van der Waals surface area contributed by atoms with Gasteiger partial charge in [0.25, 0.3) is 5.91 Å². The Morgan fingerprint density at radius 2 is 1.58 bits per heavy atom. The number of carbonyl (C=O) groups excluding carboxylic acids is 1. The van der Waals surface area contributed by atoms with Gasteiger partial charge in [-0.2, -0.15) is 0 Å². The molecule has 0 spiro atoms. The second kappa shape index (κ2) is 10.5. The summed E-state index contributed by atoms with van der Waals surface area (Å²) in [6.07, 6.45) is 6.56. The van der Waals surface area contributed by atoms with Crippen LogP contribution in [0.4, 0.5) is 5.69 Å². The van der Waals surface area contributed by atoms with Gasteiger partial charge in [-0.05, 0) is 86.5 Å². The van der Waals surface area contributed by atoms with Crippen LogP contribution in [-0.2, 0) is 19.4 Å². The lowest BCUT2D eigenvalue weighted by atomic mass is 9.96. The average Bonchev–Trinajstić information content (AvgIpc) is 3.45. The fourth-order valence-electron chi connectivity index (χ4n) is 6.81. The Hall–Kier alpha value is -2.41. The third kappa shape index (κ3) is 5.04. The van der Waals surface area contributed by atoms with Gasteiger partial charge in [-0.25, -0.2) is 0 Å². The van der Waals surface area contributed by atoms with E-state index < -0.39 is 6.10 Å². The maximum Gasteiger partial charge on any atom is 0.254 e. The number of hydrogen-bond acceptors (Lipinski definition) is 5. The van der Waals surface area contributed by atoms with Gasteiger partial charge in [-0.1, -0.05) is 24.3 Å². The number of rotatable bonds is 6. The summed E-state index contributed by atoms with van der Waals surface area (Å²) >= 11 is 0. The van der Waals surface area contributed by atoms with Gasteiger partial charge >= 0.3 is 0 Å². The third-order valence-corrected chi connectivity index (χ3v) is 8.85. The fourth-order valence-corrected chi connectivity index (χ4v) is 6.81. The smallest absolute Gasteiger partial charge is 0.254 e. The molecule has 2 saturated heterocycles. The van der Waals surface area contributed by atoms with E-state index in [0.717, 1.165) is 56.2 Å². The van der Waals surface area contributed by atoms with E-state index >= 15 is 0 Å². The number of amides is 1. The molecule has 6 rings (SSSR count). The standard InChI is InChI=1S/C30H40N4O2/c35-28(21-31-15-9-23-5-1-2-6-25(23)20-31)22-34-16-10-24-19-27(7-8-29(24)30(34)36)33-17-11-26(12-18-33)32-13-3-4-14-32/h1-2,5-8,19,26,28,35H,3-4,9-18,20-22H2/t28-/m1/s1. The number of likely N-dealkylation sites (tertiary alicyclic amines) is 1. The average molecular weight is 489 g/mol. The van der Waals surface area contributed by atoms with Crippen LogP contribution < -0.4 is 4.90 Å². The molecule has 4 aliphatic rings. The molecule has 4 heterocycles. The van der Waals surface area contributed by atoms with Gasteiger partial charge in [-0.15, -0.1) is 0 Å². The van der Waals surface area contributed by atoms with Crippen molar-refractivity contribution < 1.29 is 9.90 Å². The topological polar surface area (TPSA) is 50.3 Å². The van der Waals surface area contributed by atoms with E-state index in [1.54, 1.807) is 0 Å². The molecule has 2 aromatic rings. The zero-order chi connectivity index (χ0) is 24.5. The van der Waals surface area contributed by atoms with Crippen molar-refractivity contribution in [2.45, 2.75) is 57.2 Å². The molecule has 2 fully saturated rings. The molecule has 0 bridgehead atoms. The number of β-amino-alcohol motifs (C(OH)–C–C–N with tert-alkyl or cyclic N) is 1. The summed E-state index contributed by atoms with van der Waals surface area (Å²) in [4.78, 5) is 22.6. The van der Waals surface area contributed by atoms with Crippen LogP contribution in [-0.4, -0.2) is 90.2 Å². The van der Waals surface area contributed by atoms with Gasteiger partial charge in [0.15, 0.2) is 0 Å². The molecule has 0 radical (unpaired) electrons. The highest BCUT2D eigenvalue weighted by Crippen LogP contribution is 2.29. The van der Waals surface area contributed by atoms with Gasteiger partial charge in [0.05, 0.1) is 6.10 Å². The van der Waals surface area contributed by atoms with Crippen LogP contribution in [0.15, 0.2) is 42.5 Å².